The van der Waals surface area contributed by atoms with Crippen molar-refractivity contribution in [1.82, 2.24) is 0 Å². The highest BCUT2D eigenvalue weighted by Crippen LogP contribution is 2.34. The van der Waals surface area contributed by atoms with Gasteiger partial charge in [-0.1, -0.05) is 0 Å². The summed E-state index contributed by atoms with van der Waals surface area (Å²) >= 11 is 0. The van der Waals surface area contributed by atoms with E-state index >= 15 is 0 Å². The molecule has 1 aliphatic rings. The highest BCUT2D eigenvalue weighted by atomic mass is 16.7. The van der Waals surface area contributed by atoms with E-state index in [2.05, 4.69) is 0 Å². The maximum Gasteiger partial charge on any atom is 0.458 e. The third-order valence-electron chi connectivity index (χ3n) is 1.83. The summed E-state index contributed by atoms with van der Waals surface area (Å²) in [5.74, 6) is 0. The van der Waals surface area contributed by atoms with Crippen LogP contribution in [0.4, 0.5) is 0 Å². The minimum Gasteiger partial charge on any atom is -0.258 e. The van der Waals surface area contributed by atoms with Crippen LogP contribution >= 0.6 is 0 Å². The van der Waals surface area contributed by atoms with Crippen molar-refractivity contribution in [1.29, 1.82) is 0 Å². The van der Waals surface area contributed by atoms with E-state index in [1.165, 1.54) is 0 Å². The average Bonchev–Trinajstić information content (AvgIpc) is 1.57. The Bertz CT molecular complexity index is 170. The summed E-state index contributed by atoms with van der Waals surface area (Å²) in [5.41, 5.74) is -1.83. The first-order chi connectivity index (χ1) is 4.59. The topological polar surface area (TPSA) is 86.3 Å². The van der Waals surface area contributed by atoms with E-state index in [0.717, 1.165) is 0 Å². The first-order valence-corrected chi connectivity index (χ1v) is 2.88. The molecule has 1 saturated carbocycles. The van der Waals surface area contributed by atoms with Gasteiger partial charge in [-0.25, -0.2) is 0 Å². The van der Waals surface area contributed by atoms with Crippen LogP contribution in [0.5, 0.6) is 0 Å². The third-order valence-corrected chi connectivity index (χ3v) is 1.83. The summed E-state index contributed by atoms with van der Waals surface area (Å²) in [5, 5.41) is 20.2. The lowest BCUT2D eigenvalue weighted by atomic mass is 9.86. The van der Waals surface area contributed by atoms with Gasteiger partial charge in [-0.15, -0.1) is 0 Å². The fourth-order valence-corrected chi connectivity index (χ4v) is 0.925. The Morgan fingerprint density at radius 3 is 1.50 bits per heavy atom. The number of rotatable bonds is 2. The van der Waals surface area contributed by atoms with Crippen LogP contribution < -0.4 is 0 Å². The molecule has 0 N–H and O–H groups in total. The van der Waals surface area contributed by atoms with Crippen LogP contribution in [0.3, 0.4) is 0 Å². The lowest BCUT2D eigenvalue weighted by Crippen LogP contribution is -2.51. The van der Waals surface area contributed by atoms with Crippen molar-refractivity contribution in [2.24, 2.45) is 0 Å². The molecule has 6 heteroatoms. The molecule has 0 radical (unpaired) electrons. The van der Waals surface area contributed by atoms with Gasteiger partial charge in [0.25, 0.3) is 0 Å². The van der Waals surface area contributed by atoms with Crippen LogP contribution in [0, 0.1) is 20.2 Å². The quantitative estimate of drug-likeness (QED) is 0.321. The lowest BCUT2D eigenvalue weighted by Gasteiger charge is -2.23. The predicted molar refractivity (Wildman–Crippen MR) is 30.6 cm³/mol. The second-order valence-corrected chi connectivity index (χ2v) is 2.35. The molecule has 0 aliphatic heterocycles. The standard InChI is InChI=1S/C4H6N2O4/c7-5(8)4(6(9)10)2-1-3-4/h1-3H2. The molecular formula is C4H6N2O4. The molecule has 1 aliphatic carbocycles. The fraction of sp³-hybridized carbons (Fsp3) is 1.00. The Hall–Kier alpha value is -1.20. The van der Waals surface area contributed by atoms with Gasteiger partial charge in [-0.05, 0) is 6.42 Å². The molecule has 10 heavy (non-hydrogen) atoms. The van der Waals surface area contributed by atoms with Crippen LogP contribution in [0.2, 0.25) is 0 Å². The third kappa shape index (κ3) is 0.647. The number of nitrogens with zero attached hydrogens (tertiary/aromatic N) is 2. The number of hydrogen-bond acceptors (Lipinski definition) is 4. The van der Waals surface area contributed by atoms with Crippen molar-refractivity contribution in [3.8, 4) is 0 Å². The maximum atomic E-state index is 10.1. The van der Waals surface area contributed by atoms with Crippen molar-refractivity contribution < 1.29 is 9.85 Å². The molecule has 0 bridgehead atoms. The molecular weight excluding hydrogens is 140 g/mol. The summed E-state index contributed by atoms with van der Waals surface area (Å²) < 4.78 is 0. The molecule has 1 rings (SSSR count). The van der Waals surface area contributed by atoms with Gasteiger partial charge >= 0.3 is 5.66 Å². The van der Waals surface area contributed by atoms with Crippen molar-refractivity contribution in [2.45, 2.75) is 24.9 Å². The van der Waals surface area contributed by atoms with Gasteiger partial charge in [-0.2, -0.15) is 0 Å². The Labute approximate surface area is 56.1 Å². The molecule has 0 aromatic rings. The van der Waals surface area contributed by atoms with Gasteiger partial charge < -0.3 is 0 Å². The van der Waals surface area contributed by atoms with Crippen molar-refractivity contribution in [2.75, 3.05) is 0 Å². The molecule has 0 unspecified atom stereocenters. The van der Waals surface area contributed by atoms with Crippen molar-refractivity contribution in [3.05, 3.63) is 20.2 Å². The number of nitro groups is 2. The second kappa shape index (κ2) is 1.89. The monoisotopic (exact) mass is 146 g/mol. The molecule has 0 saturated heterocycles. The first kappa shape index (κ1) is 6.91. The van der Waals surface area contributed by atoms with Crippen molar-refractivity contribution in [3.63, 3.8) is 0 Å². The van der Waals surface area contributed by atoms with E-state index in [1.54, 1.807) is 0 Å². The number of hydrogen-bond donors (Lipinski definition) is 0. The molecule has 0 heterocycles. The Kier molecular flexibility index (Phi) is 1.31. The van der Waals surface area contributed by atoms with Crippen LogP contribution in [0.25, 0.3) is 0 Å². The Morgan fingerprint density at radius 1 is 1.10 bits per heavy atom. The van der Waals surface area contributed by atoms with Gasteiger partial charge in [0.2, 0.25) is 0 Å². The summed E-state index contributed by atoms with van der Waals surface area (Å²) in [4.78, 5) is 18.6. The summed E-state index contributed by atoms with van der Waals surface area (Å²) in [6.07, 6.45) is 0.738. The maximum absolute atomic E-state index is 10.1. The summed E-state index contributed by atoms with van der Waals surface area (Å²) in [7, 11) is 0. The van der Waals surface area contributed by atoms with Gasteiger partial charge in [0.15, 0.2) is 0 Å². The van der Waals surface area contributed by atoms with E-state index in [0.29, 0.717) is 6.42 Å². The molecule has 6 nitrogen and oxygen atoms in total. The van der Waals surface area contributed by atoms with Gasteiger partial charge in [0, 0.05) is 0 Å². The Morgan fingerprint density at radius 2 is 1.50 bits per heavy atom. The second-order valence-electron chi connectivity index (χ2n) is 2.35. The van der Waals surface area contributed by atoms with Gasteiger partial charge in [-0.3, -0.25) is 20.2 Å². The summed E-state index contributed by atoms with van der Waals surface area (Å²) in [6.45, 7) is 0. The van der Waals surface area contributed by atoms with Crippen LogP contribution in [-0.4, -0.2) is 15.5 Å². The first-order valence-electron chi connectivity index (χ1n) is 2.88. The SMILES string of the molecule is O=[N+]([O-])C1([N+](=O)[O-])CCC1. The van der Waals surface area contributed by atoms with Gasteiger partial charge in [0.05, 0.1) is 22.7 Å². The highest BCUT2D eigenvalue weighted by Gasteiger charge is 2.61. The van der Waals surface area contributed by atoms with E-state index in [4.69, 9.17) is 0 Å². The molecule has 0 spiro atoms. The molecule has 0 amide bonds. The minimum atomic E-state index is -1.83. The van der Waals surface area contributed by atoms with E-state index in [9.17, 15) is 20.2 Å². The molecule has 1 fully saturated rings. The lowest BCUT2D eigenvalue weighted by molar-refractivity contribution is -0.810. The van der Waals surface area contributed by atoms with Crippen LogP contribution in [-0.2, 0) is 0 Å². The molecule has 56 valence electrons. The van der Waals surface area contributed by atoms with E-state index in [-0.39, 0.29) is 12.8 Å². The molecule has 0 aromatic heterocycles. The zero-order valence-electron chi connectivity index (χ0n) is 5.15. The van der Waals surface area contributed by atoms with Crippen LogP contribution in [0.15, 0.2) is 0 Å². The molecule has 0 aromatic carbocycles. The molecule has 0 atom stereocenters. The van der Waals surface area contributed by atoms with E-state index < -0.39 is 15.5 Å². The highest BCUT2D eigenvalue weighted by molar-refractivity contribution is 4.77. The normalized spacial score (nSPS) is 21.2. The zero-order valence-corrected chi connectivity index (χ0v) is 5.15. The van der Waals surface area contributed by atoms with Crippen LogP contribution in [0.1, 0.15) is 19.3 Å². The zero-order chi connectivity index (χ0) is 7.78. The predicted octanol–water partition coefficient (Wildman–Crippen LogP) is 0.420. The smallest absolute Gasteiger partial charge is 0.258 e. The summed E-state index contributed by atoms with van der Waals surface area (Å²) in [6, 6.07) is 0. The van der Waals surface area contributed by atoms with Gasteiger partial charge in [0.1, 0.15) is 0 Å². The van der Waals surface area contributed by atoms with E-state index in [1.807, 2.05) is 0 Å². The fourth-order valence-electron chi connectivity index (χ4n) is 0.925. The Balaban J connectivity index is 2.78. The minimum absolute atomic E-state index is 0.0764. The average molecular weight is 146 g/mol. The van der Waals surface area contributed by atoms with Crippen molar-refractivity contribution >= 4 is 0 Å². The largest absolute Gasteiger partial charge is 0.458 e.